The van der Waals surface area contributed by atoms with Crippen molar-refractivity contribution >= 4 is 27.1 Å². The zero-order chi connectivity index (χ0) is 20.8. The van der Waals surface area contributed by atoms with Crippen LogP contribution in [0.2, 0.25) is 0 Å². The molecule has 2 atom stereocenters. The monoisotopic (exact) mass is 412 g/mol. The first-order chi connectivity index (χ1) is 13.8. The smallest absolute Gasteiger partial charge is 0.269 e. The maximum atomic E-state index is 13.1. The molecule has 1 aromatic carbocycles. The summed E-state index contributed by atoms with van der Waals surface area (Å²) in [6.45, 7) is 3.91. The lowest BCUT2D eigenvalue weighted by atomic mass is 9.64. The predicted molar refractivity (Wildman–Crippen MR) is 110 cm³/mol. The van der Waals surface area contributed by atoms with Crippen LogP contribution in [0.3, 0.4) is 0 Å². The van der Waals surface area contributed by atoms with Crippen molar-refractivity contribution in [2.45, 2.75) is 49.8 Å². The molecular weight excluding hydrogens is 388 g/mol. The number of hydrogen-bond donors (Lipinski definition) is 1. The summed E-state index contributed by atoms with van der Waals surface area (Å²) in [4.78, 5) is 21.7. The van der Waals surface area contributed by atoms with Crippen LogP contribution in [-0.2, 0) is 20.2 Å². The Balaban J connectivity index is 1.82. The Labute approximate surface area is 170 Å². The summed E-state index contributed by atoms with van der Waals surface area (Å²) in [5.74, 6) is -0.344. The highest BCUT2D eigenvalue weighted by molar-refractivity contribution is 7.90. The van der Waals surface area contributed by atoms with Crippen molar-refractivity contribution in [2.24, 2.45) is 11.7 Å². The molecule has 8 heteroatoms. The second-order valence-electron chi connectivity index (χ2n) is 7.88. The third-order valence-electron chi connectivity index (χ3n) is 6.13. The number of carbonyl (C=O) groups is 1. The van der Waals surface area contributed by atoms with Crippen LogP contribution in [0, 0.1) is 12.8 Å². The molecule has 152 valence electrons. The molecule has 3 aromatic rings. The van der Waals surface area contributed by atoms with E-state index in [4.69, 9.17) is 5.73 Å². The van der Waals surface area contributed by atoms with Gasteiger partial charge in [-0.2, -0.15) is 0 Å². The maximum Gasteiger partial charge on any atom is 0.269 e. The van der Waals surface area contributed by atoms with E-state index in [9.17, 15) is 13.2 Å². The standard InChI is InChI=1S/C21H24N4O3S/c1-14-6-8-16(9-7-14)29(27,28)25-12-10-17-19(25)23-13-18(24-17)21(20(22)26)11-4-3-5-15(21)2/h6-10,12-13,15H,3-5,11H2,1-2H3,(H2,22,26). The van der Waals surface area contributed by atoms with Crippen molar-refractivity contribution in [1.82, 2.24) is 13.9 Å². The quantitative estimate of drug-likeness (QED) is 0.709. The SMILES string of the molecule is Cc1ccc(S(=O)(=O)n2ccc3nc(C4(C(N)=O)CCCCC4C)cnc32)cc1. The van der Waals surface area contributed by atoms with E-state index in [0.717, 1.165) is 28.8 Å². The van der Waals surface area contributed by atoms with Crippen LogP contribution in [-0.4, -0.2) is 28.3 Å². The van der Waals surface area contributed by atoms with E-state index in [-0.39, 0.29) is 16.5 Å². The third kappa shape index (κ3) is 3.02. The second-order valence-corrected chi connectivity index (χ2v) is 9.69. The zero-order valence-electron chi connectivity index (χ0n) is 16.5. The topological polar surface area (TPSA) is 108 Å². The lowest BCUT2D eigenvalue weighted by Gasteiger charge is -2.39. The van der Waals surface area contributed by atoms with Crippen LogP contribution < -0.4 is 5.73 Å². The molecule has 0 saturated heterocycles. The van der Waals surface area contributed by atoms with Crippen molar-refractivity contribution in [3.63, 3.8) is 0 Å². The molecule has 7 nitrogen and oxygen atoms in total. The molecule has 29 heavy (non-hydrogen) atoms. The van der Waals surface area contributed by atoms with Crippen molar-refractivity contribution in [1.29, 1.82) is 0 Å². The van der Waals surface area contributed by atoms with Crippen LogP contribution in [0.15, 0.2) is 47.6 Å². The van der Waals surface area contributed by atoms with Gasteiger partial charge in [-0.05, 0) is 43.9 Å². The van der Waals surface area contributed by atoms with E-state index in [0.29, 0.717) is 17.6 Å². The maximum absolute atomic E-state index is 13.1. The molecule has 2 aromatic heterocycles. The molecule has 2 heterocycles. The average Bonchev–Trinajstić information content (AvgIpc) is 3.12. The molecule has 1 amide bonds. The van der Waals surface area contributed by atoms with Crippen molar-refractivity contribution in [3.05, 3.63) is 54.0 Å². The minimum absolute atomic E-state index is 0.0545. The fourth-order valence-corrected chi connectivity index (χ4v) is 5.64. The lowest BCUT2D eigenvalue weighted by molar-refractivity contribution is -0.126. The largest absolute Gasteiger partial charge is 0.369 e. The number of primary amides is 1. The first-order valence-corrected chi connectivity index (χ1v) is 11.2. The van der Waals surface area contributed by atoms with E-state index in [1.165, 1.54) is 12.4 Å². The molecule has 1 fully saturated rings. The highest BCUT2D eigenvalue weighted by Crippen LogP contribution is 2.43. The Hall–Kier alpha value is -2.74. The number of rotatable bonds is 4. The Morgan fingerprint density at radius 2 is 1.93 bits per heavy atom. The van der Waals surface area contributed by atoms with Crippen molar-refractivity contribution in [2.75, 3.05) is 0 Å². The number of fused-ring (bicyclic) bond motifs is 1. The number of aryl methyl sites for hydroxylation is 1. The molecule has 0 aliphatic heterocycles. The summed E-state index contributed by atoms with van der Waals surface area (Å²) in [5.41, 5.74) is 7.12. The van der Waals surface area contributed by atoms with Gasteiger partial charge < -0.3 is 5.73 Å². The van der Waals surface area contributed by atoms with Gasteiger partial charge in [-0.25, -0.2) is 22.4 Å². The Morgan fingerprint density at radius 1 is 1.21 bits per heavy atom. The van der Waals surface area contributed by atoms with Gasteiger partial charge in [-0.3, -0.25) is 4.79 Å². The summed E-state index contributed by atoms with van der Waals surface area (Å²) in [6.07, 6.45) is 6.44. The van der Waals surface area contributed by atoms with Crippen LogP contribution >= 0.6 is 0 Å². The molecule has 2 N–H and O–H groups in total. The number of benzene rings is 1. The summed E-state index contributed by atoms with van der Waals surface area (Å²) < 4.78 is 27.2. The van der Waals surface area contributed by atoms with Crippen LogP contribution in [0.4, 0.5) is 0 Å². The molecular formula is C21H24N4O3S. The average molecular weight is 413 g/mol. The van der Waals surface area contributed by atoms with E-state index in [1.807, 2.05) is 13.8 Å². The third-order valence-corrected chi connectivity index (χ3v) is 7.81. The number of nitrogens with two attached hydrogens (primary N) is 1. The predicted octanol–water partition coefficient (Wildman–Crippen LogP) is 2.91. The molecule has 2 unspecified atom stereocenters. The van der Waals surface area contributed by atoms with Gasteiger partial charge >= 0.3 is 0 Å². The Bertz CT molecular complexity index is 1180. The van der Waals surface area contributed by atoms with Gasteiger partial charge in [0.05, 0.1) is 22.2 Å². The normalized spacial score (nSPS) is 22.6. The van der Waals surface area contributed by atoms with Gasteiger partial charge in [0, 0.05) is 6.20 Å². The van der Waals surface area contributed by atoms with Crippen molar-refractivity contribution < 1.29 is 13.2 Å². The first kappa shape index (κ1) is 19.6. The van der Waals surface area contributed by atoms with Gasteiger partial charge in [0.25, 0.3) is 10.0 Å². The minimum atomic E-state index is -3.80. The van der Waals surface area contributed by atoms with Crippen LogP contribution in [0.25, 0.3) is 11.2 Å². The van der Waals surface area contributed by atoms with Crippen LogP contribution in [0.1, 0.15) is 43.9 Å². The highest BCUT2D eigenvalue weighted by Gasteiger charge is 2.46. The van der Waals surface area contributed by atoms with E-state index < -0.39 is 21.3 Å². The first-order valence-electron chi connectivity index (χ1n) is 9.73. The number of amides is 1. The molecule has 0 spiro atoms. The number of carbonyl (C=O) groups excluding carboxylic acids is 1. The van der Waals surface area contributed by atoms with Gasteiger partial charge in [0.1, 0.15) is 5.52 Å². The van der Waals surface area contributed by atoms with Crippen molar-refractivity contribution in [3.8, 4) is 0 Å². The van der Waals surface area contributed by atoms with E-state index in [1.54, 1.807) is 30.3 Å². The number of nitrogens with zero attached hydrogens (tertiary/aromatic N) is 3. The Morgan fingerprint density at radius 3 is 2.59 bits per heavy atom. The molecule has 0 bridgehead atoms. The summed E-state index contributed by atoms with van der Waals surface area (Å²) in [6, 6.07) is 8.26. The highest BCUT2D eigenvalue weighted by atomic mass is 32.2. The summed E-state index contributed by atoms with van der Waals surface area (Å²) in [7, 11) is -3.80. The molecule has 0 radical (unpaired) electrons. The fraction of sp³-hybridized carbons (Fsp3) is 0.381. The molecule has 4 rings (SSSR count). The lowest BCUT2D eigenvalue weighted by Crippen LogP contribution is -2.48. The molecule has 1 aliphatic rings. The van der Waals surface area contributed by atoms with E-state index in [2.05, 4.69) is 9.97 Å². The second kappa shape index (κ2) is 6.95. The van der Waals surface area contributed by atoms with Crippen LogP contribution in [0.5, 0.6) is 0 Å². The Kier molecular flexibility index (Phi) is 4.69. The summed E-state index contributed by atoms with van der Waals surface area (Å²) in [5, 5.41) is 0. The number of hydrogen-bond acceptors (Lipinski definition) is 5. The van der Waals surface area contributed by atoms with Gasteiger partial charge in [0.2, 0.25) is 5.91 Å². The van der Waals surface area contributed by atoms with Gasteiger partial charge in [-0.1, -0.05) is 37.5 Å². The number of aromatic nitrogens is 3. The molecule has 1 saturated carbocycles. The summed E-state index contributed by atoms with van der Waals surface area (Å²) >= 11 is 0. The zero-order valence-corrected chi connectivity index (χ0v) is 17.3. The fourth-order valence-electron chi connectivity index (χ4n) is 4.34. The van der Waals surface area contributed by atoms with E-state index >= 15 is 0 Å². The van der Waals surface area contributed by atoms with Gasteiger partial charge in [0.15, 0.2) is 5.65 Å². The minimum Gasteiger partial charge on any atom is -0.369 e. The molecule has 1 aliphatic carbocycles. The van der Waals surface area contributed by atoms with Gasteiger partial charge in [-0.15, -0.1) is 0 Å².